The van der Waals surface area contributed by atoms with Crippen LogP contribution in [-0.4, -0.2) is 18.4 Å². The molecule has 0 unspecified atom stereocenters. The van der Waals surface area contributed by atoms with Crippen molar-refractivity contribution in [1.82, 2.24) is 0 Å². The SMILES string of the molecule is C=NC(=NC(=NCc1cccc(-c2ccc3c4c(c(C)c(/C=C\C)c3c2)CCC=C4)c1)c1ccccc1)c1ccccc1. The van der Waals surface area contributed by atoms with Crippen LogP contribution in [0.1, 0.15) is 52.3 Å². The second kappa shape index (κ2) is 12.8. The first kappa shape index (κ1) is 28.0. The molecule has 5 aromatic carbocycles. The molecule has 1 aliphatic rings. The molecule has 0 heterocycles. The largest absolute Gasteiger partial charge is 0.261 e. The van der Waals surface area contributed by atoms with Gasteiger partial charge >= 0.3 is 0 Å². The molecule has 5 aromatic rings. The van der Waals surface area contributed by atoms with Gasteiger partial charge in [0.05, 0.1) is 6.54 Å². The first-order valence-electron chi connectivity index (χ1n) is 14.8. The number of rotatable bonds is 6. The first-order chi connectivity index (χ1) is 21.2. The van der Waals surface area contributed by atoms with Crippen molar-refractivity contribution in [2.75, 3.05) is 0 Å². The molecule has 0 saturated carbocycles. The zero-order valence-electron chi connectivity index (χ0n) is 24.8. The summed E-state index contributed by atoms with van der Waals surface area (Å²) in [6.45, 7) is 8.64. The van der Waals surface area contributed by atoms with E-state index in [1.54, 1.807) is 0 Å². The third-order valence-electron chi connectivity index (χ3n) is 8.06. The molecule has 0 aliphatic heterocycles. The Morgan fingerprint density at radius 1 is 0.791 bits per heavy atom. The average Bonchev–Trinajstić information content (AvgIpc) is 3.07. The molecule has 0 fully saturated rings. The fourth-order valence-corrected chi connectivity index (χ4v) is 5.91. The molecular weight excluding hydrogens is 522 g/mol. The van der Waals surface area contributed by atoms with Crippen LogP contribution in [0.25, 0.3) is 34.1 Å². The molecule has 0 saturated heterocycles. The van der Waals surface area contributed by atoms with Crippen LogP contribution in [0.3, 0.4) is 0 Å². The van der Waals surface area contributed by atoms with Crippen molar-refractivity contribution >= 4 is 41.3 Å². The van der Waals surface area contributed by atoms with Gasteiger partial charge in [-0.15, -0.1) is 0 Å². The van der Waals surface area contributed by atoms with Crippen LogP contribution in [0.2, 0.25) is 0 Å². The second-order valence-corrected chi connectivity index (χ2v) is 10.8. The standard InChI is InChI=1S/C40H35N3/c1-4-14-34-28(2)35-21-11-12-22-36(35)37-24-23-33(26-38(34)37)32-20-13-15-29(25-32)27-42-40(31-18-9-6-10-19-31)43-39(41-3)30-16-7-5-8-17-30/h4-10,12-20,22-26H,3,11,21,27H2,1-2H3/b14-4-,42-40?,43-39?. The van der Waals surface area contributed by atoms with Gasteiger partial charge in [-0.2, -0.15) is 0 Å². The molecule has 43 heavy (non-hydrogen) atoms. The molecule has 1 aliphatic carbocycles. The van der Waals surface area contributed by atoms with Crippen LogP contribution >= 0.6 is 0 Å². The summed E-state index contributed by atoms with van der Waals surface area (Å²) in [7, 11) is 0. The number of aliphatic imine (C=N–C) groups is 3. The average molecular weight is 558 g/mol. The molecule has 0 atom stereocenters. The Morgan fingerprint density at radius 3 is 2.23 bits per heavy atom. The van der Waals surface area contributed by atoms with E-state index < -0.39 is 0 Å². The van der Waals surface area contributed by atoms with Crippen molar-refractivity contribution in [3.8, 4) is 11.1 Å². The van der Waals surface area contributed by atoms with Crippen LogP contribution in [-0.2, 0) is 13.0 Å². The van der Waals surface area contributed by atoms with E-state index in [9.17, 15) is 0 Å². The highest BCUT2D eigenvalue weighted by atomic mass is 15.0. The molecule has 210 valence electrons. The van der Waals surface area contributed by atoms with Crippen molar-refractivity contribution < 1.29 is 0 Å². The van der Waals surface area contributed by atoms with Crippen molar-refractivity contribution in [2.24, 2.45) is 15.0 Å². The Bertz CT molecular complexity index is 1910. The molecule has 0 aromatic heterocycles. The Hall–Kier alpha value is -5.15. The van der Waals surface area contributed by atoms with Gasteiger partial charge in [-0.3, -0.25) is 4.99 Å². The molecule has 6 rings (SSSR count). The number of benzene rings is 5. The topological polar surface area (TPSA) is 37.1 Å². The van der Waals surface area contributed by atoms with E-state index in [4.69, 9.17) is 9.98 Å². The quantitative estimate of drug-likeness (QED) is 0.147. The van der Waals surface area contributed by atoms with Gasteiger partial charge in [-0.05, 0) is 95.3 Å². The smallest absolute Gasteiger partial charge is 0.161 e. The monoisotopic (exact) mass is 557 g/mol. The van der Waals surface area contributed by atoms with Gasteiger partial charge in [-0.25, -0.2) is 9.98 Å². The normalized spacial score (nSPS) is 13.4. The van der Waals surface area contributed by atoms with E-state index in [0.717, 1.165) is 29.5 Å². The summed E-state index contributed by atoms with van der Waals surface area (Å²) in [6.07, 6.45) is 11.2. The van der Waals surface area contributed by atoms with Crippen LogP contribution in [0, 0.1) is 6.92 Å². The highest BCUT2D eigenvalue weighted by molar-refractivity contribution is 6.12. The highest BCUT2D eigenvalue weighted by Gasteiger charge is 2.16. The molecule has 0 spiro atoms. The number of nitrogens with zero attached hydrogens (tertiary/aromatic N) is 3. The van der Waals surface area contributed by atoms with E-state index in [-0.39, 0.29) is 0 Å². The first-order valence-corrected chi connectivity index (χ1v) is 14.8. The van der Waals surface area contributed by atoms with Gasteiger partial charge in [0.1, 0.15) is 0 Å². The minimum absolute atomic E-state index is 0.496. The van der Waals surface area contributed by atoms with Gasteiger partial charge in [0.25, 0.3) is 0 Å². The van der Waals surface area contributed by atoms with Crippen LogP contribution in [0.15, 0.2) is 130 Å². The Morgan fingerprint density at radius 2 is 1.51 bits per heavy atom. The summed E-state index contributed by atoms with van der Waals surface area (Å²) in [5, 5.41) is 2.62. The minimum atomic E-state index is 0.496. The van der Waals surface area contributed by atoms with Crippen LogP contribution in [0.4, 0.5) is 0 Å². The maximum atomic E-state index is 4.99. The van der Waals surface area contributed by atoms with Gasteiger partial charge < -0.3 is 0 Å². The van der Waals surface area contributed by atoms with E-state index >= 15 is 0 Å². The number of fused-ring (bicyclic) bond motifs is 3. The van der Waals surface area contributed by atoms with Crippen molar-refractivity contribution in [3.63, 3.8) is 0 Å². The van der Waals surface area contributed by atoms with Gasteiger partial charge in [0.2, 0.25) is 0 Å². The number of hydrogen-bond donors (Lipinski definition) is 0. The van der Waals surface area contributed by atoms with E-state index in [0.29, 0.717) is 18.2 Å². The van der Waals surface area contributed by atoms with Crippen LogP contribution < -0.4 is 0 Å². The minimum Gasteiger partial charge on any atom is -0.261 e. The molecular formula is C40H35N3. The lowest BCUT2D eigenvalue weighted by Gasteiger charge is -2.20. The Kier molecular flexibility index (Phi) is 8.33. The fourth-order valence-electron chi connectivity index (χ4n) is 5.91. The Balaban J connectivity index is 1.38. The number of hydrogen-bond acceptors (Lipinski definition) is 1. The maximum absolute atomic E-state index is 4.99. The van der Waals surface area contributed by atoms with Gasteiger partial charge in [0.15, 0.2) is 11.7 Å². The number of amidine groups is 2. The van der Waals surface area contributed by atoms with Gasteiger partial charge in [-0.1, -0.05) is 115 Å². The van der Waals surface area contributed by atoms with E-state index in [1.165, 1.54) is 44.2 Å². The van der Waals surface area contributed by atoms with E-state index in [1.807, 2.05) is 60.7 Å². The van der Waals surface area contributed by atoms with Crippen molar-refractivity contribution in [1.29, 1.82) is 0 Å². The maximum Gasteiger partial charge on any atom is 0.161 e. The van der Waals surface area contributed by atoms with E-state index in [2.05, 4.69) is 92.3 Å². The molecule has 0 radical (unpaired) electrons. The van der Waals surface area contributed by atoms with Gasteiger partial charge in [0, 0.05) is 11.1 Å². The zero-order chi connectivity index (χ0) is 29.6. The van der Waals surface area contributed by atoms with Crippen molar-refractivity contribution in [2.45, 2.75) is 33.2 Å². The van der Waals surface area contributed by atoms with Crippen LogP contribution in [0.5, 0.6) is 0 Å². The second-order valence-electron chi connectivity index (χ2n) is 10.8. The van der Waals surface area contributed by atoms with Crippen molar-refractivity contribution in [3.05, 3.63) is 154 Å². The zero-order valence-corrected chi connectivity index (χ0v) is 24.8. The Labute approximate surface area is 254 Å². The lowest BCUT2D eigenvalue weighted by Crippen LogP contribution is -2.05. The predicted octanol–water partition coefficient (Wildman–Crippen LogP) is 9.90. The molecule has 0 amide bonds. The fraction of sp³-hybridized carbons (Fsp3) is 0.125. The third kappa shape index (κ3) is 5.93. The summed E-state index contributed by atoms with van der Waals surface area (Å²) >= 11 is 0. The number of allylic oxidation sites excluding steroid dienone is 2. The molecule has 0 bridgehead atoms. The molecule has 0 N–H and O–H groups in total. The summed E-state index contributed by atoms with van der Waals surface area (Å²) in [6, 6.07) is 35.5. The lowest BCUT2D eigenvalue weighted by molar-refractivity contribution is 0.974. The summed E-state index contributed by atoms with van der Waals surface area (Å²) in [5.74, 6) is 1.18. The highest BCUT2D eigenvalue weighted by Crippen LogP contribution is 2.37. The predicted molar refractivity (Wildman–Crippen MR) is 185 cm³/mol. The summed E-state index contributed by atoms with van der Waals surface area (Å²) in [5.41, 5.74) is 10.9. The lowest BCUT2D eigenvalue weighted by atomic mass is 9.84. The molecule has 3 nitrogen and oxygen atoms in total. The summed E-state index contributed by atoms with van der Waals surface area (Å²) < 4.78 is 0. The molecule has 3 heteroatoms. The third-order valence-corrected chi connectivity index (χ3v) is 8.06. The summed E-state index contributed by atoms with van der Waals surface area (Å²) in [4.78, 5) is 14.1.